The number of ketones is 1. The van der Waals surface area contributed by atoms with E-state index in [-0.39, 0.29) is 23.2 Å². The summed E-state index contributed by atoms with van der Waals surface area (Å²) >= 11 is 2.71. The number of carbonyl (C=O) groups excluding carboxylic acids is 2. The van der Waals surface area contributed by atoms with Gasteiger partial charge in [0.05, 0.1) is 5.69 Å². The molecule has 0 aliphatic heterocycles. The lowest BCUT2D eigenvalue weighted by Crippen LogP contribution is -2.25. The van der Waals surface area contributed by atoms with Gasteiger partial charge >= 0.3 is 5.97 Å². The van der Waals surface area contributed by atoms with Crippen LogP contribution in [0.4, 0.5) is 5.69 Å². The van der Waals surface area contributed by atoms with Crippen LogP contribution in [0.5, 0.6) is 5.75 Å². The molecule has 3 rings (SSSR count). The van der Waals surface area contributed by atoms with Gasteiger partial charge in [-0.15, -0.1) is 23.1 Å². The van der Waals surface area contributed by atoms with Crippen LogP contribution in [0, 0.1) is 0 Å². The maximum absolute atomic E-state index is 12.6. The van der Waals surface area contributed by atoms with Gasteiger partial charge in [0.15, 0.2) is 19.0 Å². The first kappa shape index (κ1) is 23.8. The van der Waals surface area contributed by atoms with Gasteiger partial charge in [0.2, 0.25) is 0 Å². The number of benzene rings is 2. The van der Waals surface area contributed by atoms with E-state index in [2.05, 4.69) is 0 Å². The van der Waals surface area contributed by atoms with E-state index in [0.29, 0.717) is 17.0 Å². The van der Waals surface area contributed by atoms with E-state index in [9.17, 15) is 18.0 Å². The van der Waals surface area contributed by atoms with E-state index in [1.807, 2.05) is 18.4 Å². The highest BCUT2D eigenvalue weighted by Crippen LogP contribution is 2.26. The predicted molar refractivity (Wildman–Crippen MR) is 125 cm³/mol. The number of thioether (sulfide) groups is 1. The standard InChI is InChI=1S/C22H21NO6S3/c1-23(32(26,27)22-4-3-13-31-22)17-7-9-18(10-8-17)28-15-21(25)29-14-20(24)16-5-11-19(30-2)12-6-16/h3-13H,14-15H2,1-2H3. The molecule has 7 nitrogen and oxygen atoms in total. The minimum absolute atomic E-state index is 0.248. The van der Waals surface area contributed by atoms with E-state index >= 15 is 0 Å². The van der Waals surface area contributed by atoms with Gasteiger partial charge in [0.25, 0.3) is 10.0 Å². The summed E-state index contributed by atoms with van der Waals surface area (Å²) in [7, 11) is -2.16. The minimum atomic E-state index is -3.63. The highest BCUT2D eigenvalue weighted by atomic mass is 32.2. The number of esters is 1. The summed E-state index contributed by atoms with van der Waals surface area (Å²) in [5.41, 5.74) is 0.917. The molecule has 0 bridgehead atoms. The lowest BCUT2D eigenvalue weighted by molar-refractivity contribution is -0.144. The van der Waals surface area contributed by atoms with Crippen LogP contribution in [0.25, 0.3) is 0 Å². The van der Waals surface area contributed by atoms with Crippen molar-refractivity contribution in [1.29, 1.82) is 0 Å². The van der Waals surface area contributed by atoms with Crippen molar-refractivity contribution in [2.75, 3.05) is 30.8 Å². The molecule has 0 aliphatic carbocycles. The number of hydrogen-bond donors (Lipinski definition) is 0. The van der Waals surface area contributed by atoms with Crippen molar-refractivity contribution in [3.05, 3.63) is 71.6 Å². The molecule has 0 radical (unpaired) electrons. The second kappa shape index (κ2) is 10.7. The van der Waals surface area contributed by atoms with Crippen molar-refractivity contribution in [2.45, 2.75) is 9.10 Å². The molecule has 0 aliphatic rings. The number of hydrogen-bond acceptors (Lipinski definition) is 8. The van der Waals surface area contributed by atoms with Crippen molar-refractivity contribution >= 4 is 50.6 Å². The molecule has 0 saturated carbocycles. The number of carbonyl (C=O) groups is 2. The molecule has 1 aromatic heterocycles. The van der Waals surface area contributed by atoms with Crippen molar-refractivity contribution in [1.82, 2.24) is 0 Å². The third-order valence-corrected chi connectivity index (χ3v) is 8.35. The zero-order chi connectivity index (χ0) is 23.1. The Morgan fingerprint density at radius 1 is 1.00 bits per heavy atom. The van der Waals surface area contributed by atoms with Gasteiger partial charge in [0, 0.05) is 17.5 Å². The molecule has 168 valence electrons. The molecule has 0 N–H and O–H groups in total. The lowest BCUT2D eigenvalue weighted by atomic mass is 10.1. The summed E-state index contributed by atoms with van der Waals surface area (Å²) < 4.78 is 36.9. The molecular formula is C22H21NO6S3. The molecule has 1 heterocycles. The number of thiophene rings is 1. The third-order valence-electron chi connectivity index (χ3n) is 4.44. The van der Waals surface area contributed by atoms with Gasteiger partial charge in [0.1, 0.15) is 9.96 Å². The van der Waals surface area contributed by atoms with Crippen molar-refractivity contribution in [2.24, 2.45) is 0 Å². The summed E-state index contributed by atoms with van der Waals surface area (Å²) in [6, 6.07) is 16.5. The molecule has 32 heavy (non-hydrogen) atoms. The summed E-state index contributed by atoms with van der Waals surface area (Å²) in [4.78, 5) is 25.0. The van der Waals surface area contributed by atoms with Crippen LogP contribution < -0.4 is 9.04 Å². The van der Waals surface area contributed by atoms with Gasteiger partial charge in [-0.25, -0.2) is 13.2 Å². The summed E-state index contributed by atoms with van der Waals surface area (Å²) in [5, 5.41) is 1.70. The van der Waals surface area contributed by atoms with Crippen LogP contribution in [0.15, 0.2) is 75.1 Å². The zero-order valence-electron chi connectivity index (χ0n) is 17.4. The second-order valence-electron chi connectivity index (χ2n) is 6.50. The quantitative estimate of drug-likeness (QED) is 0.240. The number of ether oxygens (including phenoxy) is 2. The molecule has 10 heteroatoms. The fraction of sp³-hybridized carbons (Fsp3) is 0.182. The minimum Gasteiger partial charge on any atom is -0.482 e. The molecular weight excluding hydrogens is 470 g/mol. The summed E-state index contributed by atoms with van der Waals surface area (Å²) in [6.07, 6.45) is 1.94. The van der Waals surface area contributed by atoms with Crippen LogP contribution in [0.2, 0.25) is 0 Å². The monoisotopic (exact) mass is 491 g/mol. The number of sulfonamides is 1. The Morgan fingerprint density at radius 3 is 2.28 bits per heavy atom. The van der Waals surface area contributed by atoms with Crippen molar-refractivity contribution in [3.63, 3.8) is 0 Å². The van der Waals surface area contributed by atoms with E-state index in [0.717, 1.165) is 16.2 Å². The SMILES string of the molecule is CSc1ccc(C(=O)COC(=O)COc2ccc(N(C)S(=O)(=O)c3cccs3)cc2)cc1. The predicted octanol–water partition coefficient (Wildman–Crippen LogP) is 4.10. The van der Waals surface area contributed by atoms with E-state index in [1.54, 1.807) is 65.7 Å². The van der Waals surface area contributed by atoms with Crippen LogP contribution in [-0.2, 0) is 19.6 Å². The van der Waals surface area contributed by atoms with Crippen LogP contribution in [0.3, 0.4) is 0 Å². The Bertz CT molecular complexity index is 1160. The van der Waals surface area contributed by atoms with Crippen molar-refractivity contribution < 1.29 is 27.5 Å². The van der Waals surface area contributed by atoms with Gasteiger partial charge in [-0.1, -0.05) is 18.2 Å². The Balaban J connectivity index is 1.49. The van der Waals surface area contributed by atoms with Crippen molar-refractivity contribution in [3.8, 4) is 5.75 Å². The largest absolute Gasteiger partial charge is 0.482 e. The van der Waals surface area contributed by atoms with Crippen LogP contribution >= 0.6 is 23.1 Å². The Morgan fingerprint density at radius 2 is 1.69 bits per heavy atom. The molecule has 0 unspecified atom stereocenters. The Hall–Kier alpha value is -2.82. The van der Waals surface area contributed by atoms with Gasteiger partial charge < -0.3 is 9.47 Å². The third kappa shape index (κ3) is 5.90. The number of Topliss-reactive ketones (excluding diaryl/α,β-unsaturated/α-hetero) is 1. The van der Waals surface area contributed by atoms with Gasteiger partial charge in [-0.05, 0) is 54.1 Å². The van der Waals surface area contributed by atoms with E-state index in [4.69, 9.17) is 9.47 Å². The topological polar surface area (TPSA) is 90.0 Å². The molecule has 0 fully saturated rings. The average molecular weight is 492 g/mol. The highest BCUT2D eigenvalue weighted by molar-refractivity contribution is 7.98. The van der Waals surface area contributed by atoms with Gasteiger partial charge in [-0.2, -0.15) is 0 Å². The first-order chi connectivity index (χ1) is 15.3. The second-order valence-corrected chi connectivity index (χ2v) is 10.5. The maximum Gasteiger partial charge on any atom is 0.344 e. The van der Waals surface area contributed by atoms with Crippen LogP contribution in [0.1, 0.15) is 10.4 Å². The number of anilines is 1. The zero-order valence-corrected chi connectivity index (χ0v) is 19.8. The van der Waals surface area contributed by atoms with Gasteiger partial charge in [-0.3, -0.25) is 9.10 Å². The van der Waals surface area contributed by atoms with Crippen LogP contribution in [-0.4, -0.2) is 46.7 Å². The average Bonchev–Trinajstić information content (AvgIpc) is 3.37. The molecule has 2 aromatic carbocycles. The number of nitrogens with zero attached hydrogens (tertiary/aromatic N) is 1. The fourth-order valence-corrected chi connectivity index (χ4v) is 5.39. The first-order valence-corrected chi connectivity index (χ1v) is 12.9. The molecule has 0 atom stereocenters. The molecule has 0 amide bonds. The van der Waals surface area contributed by atoms with E-state index in [1.165, 1.54) is 11.4 Å². The molecule has 0 spiro atoms. The van der Waals surface area contributed by atoms with E-state index < -0.39 is 16.0 Å². The fourth-order valence-electron chi connectivity index (χ4n) is 2.63. The Kier molecular flexibility index (Phi) is 7.94. The normalized spacial score (nSPS) is 11.1. The molecule has 3 aromatic rings. The summed E-state index contributed by atoms with van der Waals surface area (Å²) in [6.45, 7) is -0.744. The molecule has 0 saturated heterocycles. The summed E-state index contributed by atoms with van der Waals surface area (Å²) in [5.74, 6) is -0.613. The maximum atomic E-state index is 12.6. The number of rotatable bonds is 10. The lowest BCUT2D eigenvalue weighted by Gasteiger charge is -2.18. The Labute approximate surface area is 195 Å². The smallest absolute Gasteiger partial charge is 0.344 e. The highest BCUT2D eigenvalue weighted by Gasteiger charge is 2.22. The first-order valence-electron chi connectivity index (χ1n) is 9.39.